The first kappa shape index (κ1) is 13.5. The fraction of sp³-hybridized carbons (Fsp3) is 0.462. The molecule has 0 radical (unpaired) electrons. The van der Waals surface area contributed by atoms with Gasteiger partial charge in [0.25, 0.3) is 0 Å². The van der Waals surface area contributed by atoms with Crippen LogP contribution in [0.1, 0.15) is 25.8 Å². The lowest BCUT2D eigenvalue weighted by atomic mass is 9.95. The van der Waals surface area contributed by atoms with Crippen LogP contribution in [0, 0.1) is 0 Å². The van der Waals surface area contributed by atoms with Crippen LogP contribution in [-0.4, -0.2) is 24.8 Å². The van der Waals surface area contributed by atoms with Gasteiger partial charge in [-0.15, -0.1) is 0 Å². The molecule has 0 saturated carbocycles. The highest BCUT2D eigenvalue weighted by molar-refractivity contribution is 5.80. The topological polar surface area (TPSA) is 55.8 Å². The van der Waals surface area contributed by atoms with Crippen molar-refractivity contribution in [3.8, 4) is 5.75 Å². The molecule has 0 bridgehead atoms. The molecule has 0 aliphatic rings. The molecule has 0 spiro atoms. The van der Waals surface area contributed by atoms with Crippen molar-refractivity contribution in [3.63, 3.8) is 0 Å². The zero-order valence-electron chi connectivity index (χ0n) is 10.4. The summed E-state index contributed by atoms with van der Waals surface area (Å²) in [6.45, 7) is 3.87. The normalized spacial score (nSPS) is 14.1. The summed E-state index contributed by atoms with van der Waals surface area (Å²) >= 11 is 0. The highest BCUT2D eigenvalue weighted by Crippen LogP contribution is 2.33. The van der Waals surface area contributed by atoms with Gasteiger partial charge in [0.05, 0.1) is 7.11 Å². The van der Waals surface area contributed by atoms with Crippen molar-refractivity contribution >= 4 is 5.97 Å². The van der Waals surface area contributed by atoms with Crippen LogP contribution in [0.4, 0.5) is 0 Å². The van der Waals surface area contributed by atoms with E-state index in [1.54, 1.807) is 31.2 Å². The van der Waals surface area contributed by atoms with Crippen LogP contribution in [-0.2, 0) is 15.1 Å². The van der Waals surface area contributed by atoms with E-state index < -0.39 is 11.6 Å². The minimum atomic E-state index is -1.37. The highest BCUT2D eigenvalue weighted by Gasteiger charge is 2.38. The number of hydrogen-bond donors (Lipinski definition) is 1. The third-order valence-corrected chi connectivity index (χ3v) is 2.62. The van der Waals surface area contributed by atoms with Crippen molar-refractivity contribution in [2.75, 3.05) is 13.7 Å². The molecule has 1 unspecified atom stereocenters. The monoisotopic (exact) mass is 238 g/mol. The second-order valence-electron chi connectivity index (χ2n) is 3.89. The van der Waals surface area contributed by atoms with Crippen LogP contribution in [0.25, 0.3) is 0 Å². The van der Waals surface area contributed by atoms with Crippen molar-refractivity contribution in [1.29, 1.82) is 0 Å². The third-order valence-electron chi connectivity index (χ3n) is 2.62. The van der Waals surface area contributed by atoms with Crippen LogP contribution in [0.3, 0.4) is 0 Å². The number of carboxylic acid groups (broad SMARTS) is 1. The zero-order chi connectivity index (χ0) is 12.9. The molecule has 94 valence electrons. The molecule has 0 fully saturated rings. The second kappa shape index (κ2) is 5.68. The quantitative estimate of drug-likeness (QED) is 0.827. The summed E-state index contributed by atoms with van der Waals surface area (Å²) in [5, 5.41) is 9.35. The van der Waals surface area contributed by atoms with E-state index in [1.165, 1.54) is 7.11 Å². The van der Waals surface area contributed by atoms with E-state index in [1.807, 2.05) is 6.92 Å². The molecule has 0 heterocycles. The summed E-state index contributed by atoms with van der Waals surface area (Å²) in [6.07, 6.45) is 0.762. The Morgan fingerprint density at radius 2 is 2.06 bits per heavy atom. The Labute approximate surface area is 101 Å². The molecule has 1 aromatic rings. The van der Waals surface area contributed by atoms with Crippen molar-refractivity contribution in [1.82, 2.24) is 0 Å². The minimum absolute atomic E-state index is 0.390. The Bertz CT molecular complexity index is 389. The van der Waals surface area contributed by atoms with E-state index in [9.17, 15) is 9.90 Å². The second-order valence-corrected chi connectivity index (χ2v) is 3.89. The molecule has 1 N–H and O–H groups in total. The van der Waals surface area contributed by atoms with Crippen LogP contribution >= 0.6 is 0 Å². The zero-order valence-corrected chi connectivity index (χ0v) is 10.4. The van der Waals surface area contributed by atoms with Gasteiger partial charge in [-0.2, -0.15) is 0 Å². The van der Waals surface area contributed by atoms with Crippen molar-refractivity contribution in [2.24, 2.45) is 0 Å². The molecule has 4 heteroatoms. The fourth-order valence-electron chi connectivity index (χ4n) is 1.60. The average Bonchev–Trinajstić information content (AvgIpc) is 2.35. The van der Waals surface area contributed by atoms with Crippen molar-refractivity contribution < 1.29 is 19.4 Å². The summed E-state index contributed by atoms with van der Waals surface area (Å²) in [5.74, 6) is -0.496. The van der Waals surface area contributed by atoms with Gasteiger partial charge in [0, 0.05) is 12.2 Å². The van der Waals surface area contributed by atoms with Gasteiger partial charge in [-0.1, -0.05) is 25.1 Å². The molecule has 1 rings (SSSR count). The Morgan fingerprint density at radius 3 is 2.59 bits per heavy atom. The first-order chi connectivity index (χ1) is 8.06. The van der Waals surface area contributed by atoms with E-state index in [4.69, 9.17) is 9.47 Å². The first-order valence-electron chi connectivity index (χ1n) is 5.57. The number of hydrogen-bond acceptors (Lipinski definition) is 3. The molecule has 1 aromatic carbocycles. The lowest BCUT2D eigenvalue weighted by Gasteiger charge is -2.27. The van der Waals surface area contributed by atoms with E-state index in [0.717, 1.165) is 6.42 Å². The fourth-order valence-corrected chi connectivity index (χ4v) is 1.60. The molecule has 0 aliphatic heterocycles. The Balaban J connectivity index is 3.17. The van der Waals surface area contributed by atoms with Crippen molar-refractivity contribution in [2.45, 2.75) is 25.9 Å². The Kier molecular flexibility index (Phi) is 4.52. The maximum absolute atomic E-state index is 11.4. The summed E-state index contributed by atoms with van der Waals surface area (Å²) in [4.78, 5) is 11.4. The summed E-state index contributed by atoms with van der Waals surface area (Å²) in [6, 6.07) is 7.01. The standard InChI is InChI=1S/C13H18O4/c1-4-9-17-13(2,12(14)15)10-7-5-6-8-11(10)16-3/h5-8H,4,9H2,1-3H3,(H,14,15). The maximum atomic E-state index is 11.4. The number of methoxy groups -OCH3 is 1. The van der Waals surface area contributed by atoms with Gasteiger partial charge in [-0.25, -0.2) is 4.79 Å². The van der Waals surface area contributed by atoms with Crippen LogP contribution in [0.5, 0.6) is 5.75 Å². The van der Waals surface area contributed by atoms with Gasteiger partial charge >= 0.3 is 5.97 Å². The number of benzene rings is 1. The molecular formula is C13H18O4. The summed E-state index contributed by atoms with van der Waals surface area (Å²) in [5.41, 5.74) is -0.841. The largest absolute Gasteiger partial charge is 0.496 e. The van der Waals surface area contributed by atoms with Gasteiger partial charge < -0.3 is 14.6 Å². The van der Waals surface area contributed by atoms with Gasteiger partial charge in [-0.3, -0.25) is 0 Å². The summed E-state index contributed by atoms with van der Waals surface area (Å²) < 4.78 is 10.7. The van der Waals surface area contributed by atoms with Gasteiger partial charge in [0.1, 0.15) is 5.75 Å². The van der Waals surface area contributed by atoms with Crippen LogP contribution in [0.15, 0.2) is 24.3 Å². The minimum Gasteiger partial charge on any atom is -0.496 e. The molecule has 0 aromatic heterocycles. The lowest BCUT2D eigenvalue weighted by Crippen LogP contribution is -2.36. The number of aliphatic carboxylic acids is 1. The number of ether oxygens (including phenoxy) is 2. The predicted octanol–water partition coefficient (Wildman–Crippen LogP) is 2.42. The lowest BCUT2D eigenvalue weighted by molar-refractivity contribution is -0.165. The first-order valence-corrected chi connectivity index (χ1v) is 5.57. The van der Waals surface area contributed by atoms with Gasteiger partial charge in [-0.05, 0) is 19.4 Å². The number of carbonyl (C=O) groups is 1. The molecule has 1 atom stereocenters. The Morgan fingerprint density at radius 1 is 1.41 bits per heavy atom. The highest BCUT2D eigenvalue weighted by atomic mass is 16.5. The van der Waals surface area contributed by atoms with E-state index in [2.05, 4.69) is 0 Å². The van der Waals surface area contributed by atoms with Crippen molar-refractivity contribution in [3.05, 3.63) is 29.8 Å². The van der Waals surface area contributed by atoms with Gasteiger partial charge in [0.15, 0.2) is 5.60 Å². The molecular weight excluding hydrogens is 220 g/mol. The molecule has 0 saturated heterocycles. The smallest absolute Gasteiger partial charge is 0.340 e. The van der Waals surface area contributed by atoms with E-state index in [-0.39, 0.29) is 0 Å². The molecule has 0 aliphatic carbocycles. The maximum Gasteiger partial charge on any atom is 0.340 e. The molecule has 17 heavy (non-hydrogen) atoms. The number of para-hydroxylation sites is 1. The van der Waals surface area contributed by atoms with E-state index >= 15 is 0 Å². The summed E-state index contributed by atoms with van der Waals surface area (Å²) in [7, 11) is 1.51. The predicted molar refractivity (Wildman–Crippen MR) is 64.2 cm³/mol. The van der Waals surface area contributed by atoms with E-state index in [0.29, 0.717) is 17.9 Å². The van der Waals surface area contributed by atoms with Crippen LogP contribution < -0.4 is 4.74 Å². The number of carboxylic acids is 1. The average molecular weight is 238 g/mol. The number of rotatable bonds is 6. The Hall–Kier alpha value is -1.55. The van der Waals surface area contributed by atoms with Gasteiger partial charge in [0.2, 0.25) is 0 Å². The third kappa shape index (κ3) is 2.77. The SMILES string of the molecule is CCCOC(C)(C(=O)O)c1ccccc1OC. The molecule has 0 amide bonds. The van der Waals surface area contributed by atoms with Crippen LogP contribution in [0.2, 0.25) is 0 Å². The molecule has 4 nitrogen and oxygen atoms in total.